The summed E-state index contributed by atoms with van der Waals surface area (Å²) in [5.74, 6) is -1.71. The van der Waals surface area contributed by atoms with Crippen molar-refractivity contribution in [2.75, 3.05) is 14.2 Å². The number of carboxylic acids is 1. The number of phenolic OH excluding ortho intramolecular Hbond substituents is 1. The van der Waals surface area contributed by atoms with Crippen LogP contribution < -0.4 is 19.9 Å². The molecule has 146 valence electrons. The average molecular weight is 385 g/mol. The number of ether oxygens (including phenoxy) is 3. The van der Waals surface area contributed by atoms with Crippen LogP contribution in [0.5, 0.6) is 23.0 Å². The molecule has 8 heteroatoms. The maximum atomic E-state index is 11.6. The minimum absolute atomic E-state index is 0.0706. The summed E-state index contributed by atoms with van der Waals surface area (Å²) in [5, 5.41) is 19.1. The van der Waals surface area contributed by atoms with Gasteiger partial charge in [-0.3, -0.25) is 4.79 Å². The highest BCUT2D eigenvalue weighted by Gasteiger charge is 2.15. The number of phenols is 1. The molecule has 0 heterocycles. The third kappa shape index (κ3) is 5.28. The Labute approximate surface area is 161 Å². The van der Waals surface area contributed by atoms with Gasteiger partial charge in [-0.25, -0.2) is 4.79 Å². The number of hydrogen-bond donors (Lipinski definition) is 3. The van der Waals surface area contributed by atoms with Gasteiger partial charge in [-0.15, -0.1) is 0 Å². The zero-order valence-electron chi connectivity index (χ0n) is 15.2. The molecule has 1 amide bonds. The first-order chi connectivity index (χ1) is 13.3. The molecule has 0 saturated carbocycles. The fourth-order valence-corrected chi connectivity index (χ4v) is 2.24. The molecule has 28 heavy (non-hydrogen) atoms. The Hall–Kier alpha value is -3.94. The van der Waals surface area contributed by atoms with Gasteiger partial charge in [-0.2, -0.15) is 0 Å². The molecule has 0 aromatic heterocycles. The maximum absolute atomic E-state index is 11.6. The van der Waals surface area contributed by atoms with Crippen LogP contribution in [0.4, 0.5) is 0 Å². The molecule has 4 N–H and O–H groups in total. The van der Waals surface area contributed by atoms with Gasteiger partial charge in [0.1, 0.15) is 0 Å². The van der Waals surface area contributed by atoms with Crippen molar-refractivity contribution in [3.8, 4) is 23.0 Å². The molecule has 0 aliphatic rings. The summed E-state index contributed by atoms with van der Waals surface area (Å²) >= 11 is 0. The largest absolute Gasteiger partial charge is 0.504 e. The van der Waals surface area contributed by atoms with Crippen molar-refractivity contribution < 1.29 is 34.0 Å². The van der Waals surface area contributed by atoms with Crippen molar-refractivity contribution in [1.82, 2.24) is 0 Å². The number of amides is 1. The highest BCUT2D eigenvalue weighted by Crippen LogP contribution is 2.31. The quantitative estimate of drug-likeness (QED) is 0.470. The van der Waals surface area contributed by atoms with Crippen LogP contribution in [0.25, 0.3) is 12.2 Å². The molecular formula is C20H19NO7. The lowest BCUT2D eigenvalue weighted by Crippen LogP contribution is -2.08. The topological polar surface area (TPSA) is 128 Å². The number of nitrogens with two attached hydrogens (primary N) is 1. The Kier molecular flexibility index (Phi) is 6.64. The number of aliphatic carboxylic acids is 1. The first-order valence-electron chi connectivity index (χ1n) is 7.99. The van der Waals surface area contributed by atoms with Crippen LogP contribution >= 0.6 is 0 Å². The SMILES string of the molecule is COc1cc(/C=C(\Oc2ccc(/C=C/C(N)=O)cc2OC)C(=O)O)ccc1O. The number of aromatic hydroxyl groups is 1. The molecule has 0 spiro atoms. The van der Waals surface area contributed by atoms with E-state index in [0.717, 1.165) is 0 Å². The number of benzene rings is 2. The summed E-state index contributed by atoms with van der Waals surface area (Å²) < 4.78 is 15.7. The van der Waals surface area contributed by atoms with E-state index in [0.29, 0.717) is 11.1 Å². The predicted octanol–water partition coefficient (Wildman–Crippen LogP) is 2.41. The van der Waals surface area contributed by atoms with E-state index < -0.39 is 11.9 Å². The summed E-state index contributed by atoms with van der Waals surface area (Å²) in [6.45, 7) is 0. The standard InChI is InChI=1S/C20H19NO7/c1-26-16-10-13(3-6-14(16)22)11-18(20(24)25)28-15-7-4-12(5-8-19(21)23)9-17(15)27-2/h3-11,22H,1-2H3,(H2,21,23)(H,24,25)/b8-5+,18-11-. The van der Waals surface area contributed by atoms with Crippen molar-refractivity contribution >= 4 is 24.0 Å². The minimum Gasteiger partial charge on any atom is -0.504 e. The van der Waals surface area contributed by atoms with Crippen LogP contribution in [0.15, 0.2) is 48.2 Å². The van der Waals surface area contributed by atoms with E-state index in [1.54, 1.807) is 12.1 Å². The van der Waals surface area contributed by atoms with E-state index in [2.05, 4.69) is 0 Å². The minimum atomic E-state index is -1.30. The zero-order chi connectivity index (χ0) is 20.7. The lowest BCUT2D eigenvalue weighted by molar-refractivity contribution is -0.134. The Morgan fingerprint density at radius 2 is 1.61 bits per heavy atom. The second-order valence-electron chi connectivity index (χ2n) is 5.49. The number of carbonyl (C=O) groups is 2. The molecule has 0 atom stereocenters. The summed E-state index contributed by atoms with van der Waals surface area (Å²) in [7, 11) is 2.79. The van der Waals surface area contributed by atoms with Crippen LogP contribution in [-0.2, 0) is 9.59 Å². The van der Waals surface area contributed by atoms with Gasteiger partial charge in [-0.05, 0) is 47.5 Å². The van der Waals surface area contributed by atoms with Crippen LogP contribution in [0.3, 0.4) is 0 Å². The van der Waals surface area contributed by atoms with Gasteiger partial charge in [0, 0.05) is 6.08 Å². The molecular weight excluding hydrogens is 366 g/mol. The first-order valence-corrected chi connectivity index (χ1v) is 7.99. The fraction of sp³-hybridized carbons (Fsp3) is 0.100. The normalized spacial score (nSPS) is 11.3. The molecule has 8 nitrogen and oxygen atoms in total. The van der Waals surface area contributed by atoms with Crippen molar-refractivity contribution in [2.24, 2.45) is 5.73 Å². The van der Waals surface area contributed by atoms with Gasteiger partial charge >= 0.3 is 5.97 Å². The Balaban J connectivity index is 2.36. The van der Waals surface area contributed by atoms with Crippen LogP contribution in [0.2, 0.25) is 0 Å². The lowest BCUT2D eigenvalue weighted by atomic mass is 10.1. The van der Waals surface area contributed by atoms with Gasteiger partial charge in [-0.1, -0.05) is 12.1 Å². The second-order valence-corrected chi connectivity index (χ2v) is 5.49. The van der Waals surface area contributed by atoms with E-state index in [-0.39, 0.29) is 28.8 Å². The Bertz CT molecular complexity index is 948. The number of hydrogen-bond acceptors (Lipinski definition) is 6. The molecule has 0 aliphatic carbocycles. The Morgan fingerprint density at radius 1 is 0.964 bits per heavy atom. The van der Waals surface area contributed by atoms with E-state index in [9.17, 15) is 19.8 Å². The van der Waals surface area contributed by atoms with Crippen molar-refractivity contribution in [2.45, 2.75) is 0 Å². The number of primary amides is 1. The van der Waals surface area contributed by atoms with Gasteiger partial charge in [0.05, 0.1) is 14.2 Å². The first kappa shape index (κ1) is 20.4. The smallest absolute Gasteiger partial charge is 0.371 e. The number of methoxy groups -OCH3 is 2. The van der Waals surface area contributed by atoms with Crippen LogP contribution in [0, 0.1) is 0 Å². The summed E-state index contributed by atoms with van der Waals surface area (Å²) in [4.78, 5) is 22.4. The molecule has 2 aromatic rings. The second kappa shape index (κ2) is 9.13. The molecule has 2 rings (SSSR count). The molecule has 0 saturated heterocycles. The molecule has 2 aromatic carbocycles. The highest BCUT2D eigenvalue weighted by atomic mass is 16.5. The number of carboxylic acid groups (broad SMARTS) is 1. The maximum Gasteiger partial charge on any atom is 0.371 e. The van der Waals surface area contributed by atoms with Gasteiger partial charge in [0.15, 0.2) is 23.0 Å². The van der Waals surface area contributed by atoms with Gasteiger partial charge in [0.2, 0.25) is 11.7 Å². The van der Waals surface area contributed by atoms with Crippen molar-refractivity contribution in [3.63, 3.8) is 0 Å². The van der Waals surface area contributed by atoms with Crippen molar-refractivity contribution in [3.05, 3.63) is 59.4 Å². The van der Waals surface area contributed by atoms with E-state index in [1.807, 2.05) is 0 Å². The number of rotatable bonds is 8. The van der Waals surface area contributed by atoms with E-state index in [4.69, 9.17) is 19.9 Å². The van der Waals surface area contributed by atoms with Crippen LogP contribution in [-0.4, -0.2) is 36.3 Å². The summed E-state index contributed by atoms with van der Waals surface area (Å²) in [6, 6.07) is 9.05. The summed E-state index contributed by atoms with van der Waals surface area (Å²) in [6.07, 6.45) is 3.96. The van der Waals surface area contributed by atoms with Crippen LogP contribution in [0.1, 0.15) is 11.1 Å². The lowest BCUT2D eigenvalue weighted by Gasteiger charge is -2.12. The molecule has 0 fully saturated rings. The van der Waals surface area contributed by atoms with Gasteiger partial charge in [0.25, 0.3) is 0 Å². The Morgan fingerprint density at radius 3 is 2.21 bits per heavy atom. The molecule has 0 radical (unpaired) electrons. The molecule has 0 unspecified atom stereocenters. The zero-order valence-corrected chi connectivity index (χ0v) is 15.2. The third-order valence-corrected chi connectivity index (χ3v) is 3.56. The summed E-state index contributed by atoms with van der Waals surface area (Å²) in [5.41, 5.74) is 6.13. The van der Waals surface area contributed by atoms with E-state index in [1.165, 1.54) is 56.7 Å². The molecule has 0 bridgehead atoms. The molecule has 0 aliphatic heterocycles. The highest BCUT2D eigenvalue weighted by molar-refractivity contribution is 5.91. The third-order valence-electron chi connectivity index (χ3n) is 3.56. The monoisotopic (exact) mass is 385 g/mol. The average Bonchev–Trinajstić information content (AvgIpc) is 2.67. The predicted molar refractivity (Wildman–Crippen MR) is 102 cm³/mol. The van der Waals surface area contributed by atoms with Crippen molar-refractivity contribution in [1.29, 1.82) is 0 Å². The number of carbonyl (C=O) groups excluding carboxylic acids is 1. The van der Waals surface area contributed by atoms with Gasteiger partial charge < -0.3 is 30.2 Å². The fourth-order valence-electron chi connectivity index (χ4n) is 2.24. The van der Waals surface area contributed by atoms with E-state index >= 15 is 0 Å².